The zero-order chi connectivity index (χ0) is 20.1. The van der Waals surface area contributed by atoms with Crippen molar-refractivity contribution < 1.29 is 14.3 Å². The van der Waals surface area contributed by atoms with Crippen molar-refractivity contribution in [3.63, 3.8) is 0 Å². The molecule has 3 rings (SSSR count). The maximum Gasteiger partial charge on any atom is 0.318 e. The van der Waals surface area contributed by atoms with Crippen molar-refractivity contribution in [1.29, 1.82) is 0 Å². The number of hydrogen-bond acceptors (Lipinski definition) is 6. The molecule has 5 nitrogen and oxygen atoms in total. The summed E-state index contributed by atoms with van der Waals surface area (Å²) in [5, 5.41) is 4.85. The van der Waals surface area contributed by atoms with Gasteiger partial charge in [0.05, 0.1) is 18.4 Å². The van der Waals surface area contributed by atoms with E-state index in [9.17, 15) is 9.59 Å². The van der Waals surface area contributed by atoms with Gasteiger partial charge >= 0.3 is 5.97 Å². The molecule has 0 spiro atoms. The fourth-order valence-electron chi connectivity index (χ4n) is 2.44. The molecule has 0 aliphatic carbocycles. The summed E-state index contributed by atoms with van der Waals surface area (Å²) in [7, 11) is 1.35. The number of rotatable bonds is 6. The van der Waals surface area contributed by atoms with Crippen molar-refractivity contribution in [2.75, 3.05) is 12.4 Å². The summed E-state index contributed by atoms with van der Waals surface area (Å²) in [5.41, 5.74) is 2.25. The second-order valence-electron chi connectivity index (χ2n) is 5.78. The third-order valence-electron chi connectivity index (χ3n) is 3.81. The summed E-state index contributed by atoms with van der Waals surface area (Å²) >= 11 is 6.10. The first-order valence-corrected chi connectivity index (χ1v) is 10.9. The first-order chi connectivity index (χ1) is 13.5. The molecule has 28 heavy (non-hydrogen) atoms. The quantitative estimate of drug-likeness (QED) is 0.376. The molecule has 1 aromatic heterocycles. The van der Waals surface area contributed by atoms with E-state index in [1.54, 1.807) is 19.1 Å². The van der Waals surface area contributed by atoms with Crippen LogP contribution in [0.1, 0.15) is 17.3 Å². The highest BCUT2D eigenvalue weighted by molar-refractivity contribution is 9.10. The van der Waals surface area contributed by atoms with Crippen molar-refractivity contribution in [3.05, 3.63) is 63.9 Å². The summed E-state index contributed by atoms with van der Waals surface area (Å²) in [5.74, 6) is -0.603. The van der Waals surface area contributed by atoms with Crippen LogP contribution >= 0.6 is 39.0 Å². The van der Waals surface area contributed by atoms with Gasteiger partial charge in [0, 0.05) is 20.3 Å². The molecule has 0 aliphatic heterocycles. The van der Waals surface area contributed by atoms with Gasteiger partial charge in [-0.05, 0) is 31.2 Å². The molecular formula is C20H17BrN2O3S2. The van der Waals surface area contributed by atoms with Gasteiger partial charge in [0.1, 0.15) is 5.25 Å². The van der Waals surface area contributed by atoms with Crippen molar-refractivity contribution in [2.24, 2.45) is 0 Å². The van der Waals surface area contributed by atoms with Gasteiger partial charge in [-0.3, -0.25) is 14.9 Å². The molecule has 0 saturated heterocycles. The number of benzene rings is 2. The van der Waals surface area contributed by atoms with Crippen LogP contribution in [0.4, 0.5) is 5.13 Å². The van der Waals surface area contributed by atoms with Gasteiger partial charge in [0.15, 0.2) is 5.13 Å². The Kier molecular flexibility index (Phi) is 6.88. The minimum Gasteiger partial charge on any atom is -0.468 e. The van der Waals surface area contributed by atoms with E-state index in [0.717, 1.165) is 15.7 Å². The Labute approximate surface area is 179 Å². The topological polar surface area (TPSA) is 68.3 Å². The maximum atomic E-state index is 12.8. The molecule has 144 valence electrons. The zero-order valence-electron chi connectivity index (χ0n) is 15.1. The average Bonchev–Trinajstić information content (AvgIpc) is 3.16. The van der Waals surface area contributed by atoms with E-state index in [1.807, 2.05) is 41.8 Å². The van der Waals surface area contributed by atoms with Crippen molar-refractivity contribution in [3.8, 4) is 11.3 Å². The molecular weight excluding hydrogens is 460 g/mol. The fraction of sp³-hybridized carbons (Fsp3) is 0.150. The molecule has 0 saturated carbocycles. The first kappa shape index (κ1) is 20.6. The summed E-state index contributed by atoms with van der Waals surface area (Å²) in [6.45, 7) is 1.75. The maximum absolute atomic E-state index is 12.8. The Hall–Kier alpha value is -2.16. The normalized spacial score (nSPS) is 11.7. The van der Waals surface area contributed by atoms with Crippen LogP contribution in [0.25, 0.3) is 11.3 Å². The highest BCUT2D eigenvalue weighted by Gasteiger charge is 2.19. The van der Waals surface area contributed by atoms with Crippen LogP contribution in [0, 0.1) is 0 Å². The van der Waals surface area contributed by atoms with Gasteiger partial charge in [-0.1, -0.05) is 40.2 Å². The number of anilines is 1. The number of aromatic nitrogens is 1. The van der Waals surface area contributed by atoms with Gasteiger partial charge in [-0.25, -0.2) is 4.98 Å². The number of thiazole rings is 1. The number of methoxy groups -OCH3 is 1. The van der Waals surface area contributed by atoms with E-state index in [2.05, 4.69) is 26.2 Å². The molecule has 8 heteroatoms. The number of nitrogens with zero attached hydrogens (tertiary/aromatic N) is 1. The second-order valence-corrected chi connectivity index (χ2v) is 8.94. The summed E-state index contributed by atoms with van der Waals surface area (Å²) in [4.78, 5) is 29.7. The third kappa shape index (κ3) is 5.01. The SMILES string of the molecule is COC(=O)C(C)Sc1ccccc1C(=O)Nc1nc(-c2cccc(Br)c2)cs1. The standard InChI is InChI=1S/C20H17BrN2O3S2/c1-12(19(25)26-2)28-17-9-4-3-8-15(17)18(24)23-20-22-16(11-27-20)13-6-5-7-14(21)10-13/h3-12H,1-2H3,(H,22,23,24). The highest BCUT2D eigenvalue weighted by atomic mass is 79.9. The van der Waals surface area contributed by atoms with Gasteiger partial charge in [-0.2, -0.15) is 0 Å². The molecule has 1 atom stereocenters. The lowest BCUT2D eigenvalue weighted by atomic mass is 10.2. The molecule has 0 aliphatic rings. The smallest absolute Gasteiger partial charge is 0.318 e. The number of carbonyl (C=O) groups excluding carboxylic acids is 2. The number of esters is 1. The molecule has 3 aromatic rings. The lowest BCUT2D eigenvalue weighted by Gasteiger charge is -2.12. The van der Waals surface area contributed by atoms with E-state index in [1.165, 1.54) is 30.2 Å². The minimum absolute atomic E-state index is 0.268. The lowest BCUT2D eigenvalue weighted by Crippen LogP contribution is -2.17. The molecule has 2 aromatic carbocycles. The molecule has 0 radical (unpaired) electrons. The van der Waals surface area contributed by atoms with Gasteiger partial charge < -0.3 is 4.74 Å². The van der Waals surface area contributed by atoms with E-state index in [-0.39, 0.29) is 11.9 Å². The molecule has 1 heterocycles. The Bertz CT molecular complexity index is 1010. The molecule has 1 amide bonds. The van der Waals surface area contributed by atoms with Crippen molar-refractivity contribution >= 4 is 56.0 Å². The van der Waals surface area contributed by atoms with Crippen LogP contribution in [-0.2, 0) is 9.53 Å². The Balaban J connectivity index is 1.76. The number of amides is 1. The zero-order valence-corrected chi connectivity index (χ0v) is 18.4. The van der Waals surface area contributed by atoms with Crippen LogP contribution in [0.15, 0.2) is 63.3 Å². The van der Waals surface area contributed by atoms with E-state index < -0.39 is 5.25 Å². The number of thioether (sulfide) groups is 1. The van der Waals surface area contributed by atoms with Crippen LogP contribution < -0.4 is 5.32 Å². The molecule has 0 bridgehead atoms. The summed E-state index contributed by atoms with van der Waals surface area (Å²) < 4.78 is 5.73. The summed E-state index contributed by atoms with van der Waals surface area (Å²) in [6, 6.07) is 15.0. The molecule has 1 N–H and O–H groups in total. The van der Waals surface area contributed by atoms with Crippen LogP contribution in [-0.4, -0.2) is 29.2 Å². The van der Waals surface area contributed by atoms with Crippen LogP contribution in [0.3, 0.4) is 0 Å². The van der Waals surface area contributed by atoms with E-state index >= 15 is 0 Å². The molecule has 0 fully saturated rings. The van der Waals surface area contributed by atoms with E-state index in [0.29, 0.717) is 15.6 Å². The highest BCUT2D eigenvalue weighted by Crippen LogP contribution is 2.30. The first-order valence-electron chi connectivity index (χ1n) is 8.34. The average molecular weight is 477 g/mol. The van der Waals surface area contributed by atoms with Gasteiger partial charge in [-0.15, -0.1) is 23.1 Å². The largest absolute Gasteiger partial charge is 0.468 e. The van der Waals surface area contributed by atoms with E-state index in [4.69, 9.17) is 4.74 Å². The Morgan fingerprint density at radius 1 is 1.21 bits per heavy atom. The molecule has 1 unspecified atom stereocenters. The van der Waals surface area contributed by atoms with Gasteiger partial charge in [0.25, 0.3) is 5.91 Å². The summed E-state index contributed by atoms with van der Waals surface area (Å²) in [6.07, 6.45) is 0. The number of carbonyl (C=O) groups is 2. The number of halogens is 1. The fourth-order valence-corrected chi connectivity index (χ4v) is 4.57. The predicted molar refractivity (Wildman–Crippen MR) is 117 cm³/mol. The predicted octanol–water partition coefficient (Wildman–Crippen LogP) is 5.48. The van der Waals surface area contributed by atoms with Crippen LogP contribution in [0.2, 0.25) is 0 Å². The van der Waals surface area contributed by atoms with Crippen LogP contribution in [0.5, 0.6) is 0 Å². The third-order valence-corrected chi connectivity index (χ3v) is 6.22. The van der Waals surface area contributed by atoms with Crippen molar-refractivity contribution in [2.45, 2.75) is 17.1 Å². The second kappa shape index (κ2) is 9.36. The number of nitrogens with one attached hydrogen (secondary N) is 1. The Morgan fingerprint density at radius 3 is 2.75 bits per heavy atom. The number of hydrogen-bond donors (Lipinski definition) is 1. The van der Waals surface area contributed by atoms with Gasteiger partial charge in [0.2, 0.25) is 0 Å². The monoisotopic (exact) mass is 476 g/mol. The Morgan fingerprint density at radius 2 is 2.00 bits per heavy atom. The lowest BCUT2D eigenvalue weighted by molar-refractivity contribution is -0.139. The van der Waals surface area contributed by atoms with Crippen molar-refractivity contribution in [1.82, 2.24) is 4.98 Å². The minimum atomic E-state index is -0.415. The number of ether oxygens (including phenoxy) is 1.